The van der Waals surface area contributed by atoms with E-state index in [-0.39, 0.29) is 12.4 Å². The Balaban J connectivity index is 0.00000112. The summed E-state index contributed by atoms with van der Waals surface area (Å²) in [5.74, 6) is 0.979. The third kappa shape index (κ3) is 3.40. The first-order valence-corrected chi connectivity index (χ1v) is 5.24. The molecule has 0 saturated carbocycles. The van der Waals surface area contributed by atoms with E-state index < -0.39 is 0 Å². The van der Waals surface area contributed by atoms with Crippen LogP contribution in [0.5, 0.6) is 5.75 Å². The van der Waals surface area contributed by atoms with Gasteiger partial charge in [-0.15, -0.1) is 12.4 Å². The summed E-state index contributed by atoms with van der Waals surface area (Å²) in [7, 11) is 2.17. The summed E-state index contributed by atoms with van der Waals surface area (Å²) in [5.41, 5.74) is 0. The Morgan fingerprint density at radius 1 is 1.33 bits per heavy atom. The van der Waals surface area contributed by atoms with Gasteiger partial charge in [-0.3, -0.25) is 0 Å². The largest absolute Gasteiger partial charge is 0.492 e. The Bertz CT molecular complexity index is 278. The molecule has 3 heteroatoms. The molecule has 0 unspecified atom stereocenters. The van der Waals surface area contributed by atoms with Crippen molar-refractivity contribution in [3.05, 3.63) is 30.3 Å². The number of likely N-dealkylation sites (N-methyl/N-ethyl adjacent to an activating group) is 1. The predicted molar refractivity (Wildman–Crippen MR) is 64.8 cm³/mol. The normalized spacial score (nSPS) is 21.0. The first kappa shape index (κ1) is 12.3. The maximum Gasteiger partial charge on any atom is 0.119 e. The lowest BCUT2D eigenvalue weighted by molar-refractivity contribution is 0.198. The molecule has 1 atom stereocenters. The van der Waals surface area contributed by atoms with Crippen molar-refractivity contribution in [3.63, 3.8) is 0 Å². The van der Waals surface area contributed by atoms with Crippen molar-refractivity contribution in [3.8, 4) is 5.75 Å². The number of nitrogens with zero attached hydrogens (tertiary/aromatic N) is 1. The zero-order chi connectivity index (χ0) is 9.80. The Morgan fingerprint density at radius 2 is 2.07 bits per heavy atom. The summed E-state index contributed by atoms with van der Waals surface area (Å²) < 4.78 is 5.72. The molecule has 0 spiro atoms. The van der Waals surface area contributed by atoms with Crippen LogP contribution in [0.25, 0.3) is 0 Å². The second-order valence-electron chi connectivity index (χ2n) is 3.90. The Hall–Kier alpha value is -0.730. The van der Waals surface area contributed by atoms with Crippen LogP contribution in [0.15, 0.2) is 30.3 Å². The summed E-state index contributed by atoms with van der Waals surface area (Å²) in [6.07, 6.45) is 2.57. The zero-order valence-corrected chi connectivity index (χ0v) is 9.87. The average Bonchev–Trinajstić information content (AvgIpc) is 2.63. The topological polar surface area (TPSA) is 12.5 Å². The summed E-state index contributed by atoms with van der Waals surface area (Å²) in [5, 5.41) is 0. The fourth-order valence-corrected chi connectivity index (χ4v) is 1.90. The molecular formula is C12H18ClNO. The summed E-state index contributed by atoms with van der Waals surface area (Å²) in [6, 6.07) is 10.6. The minimum atomic E-state index is 0. The van der Waals surface area contributed by atoms with Crippen LogP contribution in [-0.2, 0) is 0 Å². The first-order valence-electron chi connectivity index (χ1n) is 5.24. The maximum absolute atomic E-state index is 5.72. The molecule has 1 saturated heterocycles. The number of rotatable bonds is 3. The number of hydrogen-bond donors (Lipinski definition) is 0. The molecular weight excluding hydrogens is 210 g/mol. The van der Waals surface area contributed by atoms with Crippen molar-refractivity contribution in [2.24, 2.45) is 0 Å². The third-order valence-electron chi connectivity index (χ3n) is 2.86. The quantitative estimate of drug-likeness (QED) is 0.787. The van der Waals surface area contributed by atoms with E-state index in [1.807, 2.05) is 30.3 Å². The van der Waals surface area contributed by atoms with E-state index in [2.05, 4.69) is 11.9 Å². The van der Waals surface area contributed by atoms with Crippen LogP contribution >= 0.6 is 12.4 Å². The van der Waals surface area contributed by atoms with Gasteiger partial charge >= 0.3 is 0 Å². The van der Waals surface area contributed by atoms with Crippen molar-refractivity contribution in [1.29, 1.82) is 0 Å². The highest BCUT2D eigenvalue weighted by Gasteiger charge is 2.20. The van der Waals surface area contributed by atoms with Gasteiger partial charge in [0.25, 0.3) is 0 Å². The highest BCUT2D eigenvalue weighted by molar-refractivity contribution is 5.85. The second-order valence-corrected chi connectivity index (χ2v) is 3.90. The Kier molecular flexibility index (Phi) is 4.92. The van der Waals surface area contributed by atoms with Crippen LogP contribution in [0.4, 0.5) is 0 Å². The molecule has 0 amide bonds. The minimum Gasteiger partial charge on any atom is -0.492 e. The number of likely N-dealkylation sites (tertiary alicyclic amines) is 1. The van der Waals surface area contributed by atoms with Crippen molar-refractivity contribution in [2.75, 3.05) is 20.2 Å². The second kappa shape index (κ2) is 5.99. The number of benzene rings is 1. The van der Waals surface area contributed by atoms with E-state index in [1.54, 1.807) is 0 Å². The fraction of sp³-hybridized carbons (Fsp3) is 0.500. The molecule has 0 N–H and O–H groups in total. The number of halogens is 1. The van der Waals surface area contributed by atoms with Gasteiger partial charge in [-0.1, -0.05) is 18.2 Å². The van der Waals surface area contributed by atoms with Crippen molar-refractivity contribution in [1.82, 2.24) is 4.90 Å². The number of ether oxygens (including phenoxy) is 1. The SMILES string of the molecule is CN1CCC[C@H]1COc1ccccc1.Cl. The van der Waals surface area contributed by atoms with Gasteiger partial charge < -0.3 is 9.64 Å². The van der Waals surface area contributed by atoms with E-state index in [0.717, 1.165) is 12.4 Å². The molecule has 2 rings (SSSR count). The van der Waals surface area contributed by atoms with Crippen LogP contribution < -0.4 is 4.74 Å². The van der Waals surface area contributed by atoms with Gasteiger partial charge in [0.05, 0.1) is 0 Å². The van der Waals surface area contributed by atoms with E-state index in [0.29, 0.717) is 6.04 Å². The van der Waals surface area contributed by atoms with E-state index in [4.69, 9.17) is 4.74 Å². The first-order chi connectivity index (χ1) is 6.86. The van der Waals surface area contributed by atoms with Crippen LogP contribution in [0, 0.1) is 0 Å². The molecule has 15 heavy (non-hydrogen) atoms. The molecule has 0 bridgehead atoms. The molecule has 1 aromatic carbocycles. The zero-order valence-electron chi connectivity index (χ0n) is 9.06. The summed E-state index contributed by atoms with van der Waals surface area (Å²) in [6.45, 7) is 2.03. The number of para-hydroxylation sites is 1. The van der Waals surface area contributed by atoms with Crippen LogP contribution in [0.2, 0.25) is 0 Å². The smallest absolute Gasteiger partial charge is 0.119 e. The third-order valence-corrected chi connectivity index (χ3v) is 2.86. The summed E-state index contributed by atoms with van der Waals surface area (Å²) >= 11 is 0. The van der Waals surface area contributed by atoms with Crippen LogP contribution in [-0.4, -0.2) is 31.1 Å². The minimum absolute atomic E-state index is 0. The molecule has 1 fully saturated rings. The van der Waals surface area contributed by atoms with E-state index in [9.17, 15) is 0 Å². The van der Waals surface area contributed by atoms with Crippen molar-refractivity contribution < 1.29 is 4.74 Å². The van der Waals surface area contributed by atoms with Gasteiger partial charge in [0.1, 0.15) is 12.4 Å². The van der Waals surface area contributed by atoms with Crippen molar-refractivity contribution >= 4 is 12.4 Å². The Morgan fingerprint density at radius 3 is 2.67 bits per heavy atom. The average molecular weight is 228 g/mol. The summed E-state index contributed by atoms with van der Waals surface area (Å²) in [4.78, 5) is 2.38. The molecule has 0 aromatic heterocycles. The molecule has 2 nitrogen and oxygen atoms in total. The molecule has 84 valence electrons. The van der Waals surface area contributed by atoms with Gasteiger partial charge in [0, 0.05) is 6.04 Å². The lowest BCUT2D eigenvalue weighted by Crippen LogP contribution is -2.30. The Labute approximate surface area is 97.6 Å². The standard InChI is InChI=1S/C12H17NO.ClH/c1-13-9-5-6-11(13)10-14-12-7-3-2-4-8-12;/h2-4,7-8,11H,5-6,9-10H2,1H3;1H/t11-;/m0./s1. The molecule has 0 radical (unpaired) electrons. The lowest BCUT2D eigenvalue weighted by atomic mass is 10.2. The maximum atomic E-state index is 5.72. The molecule has 1 aromatic rings. The fourth-order valence-electron chi connectivity index (χ4n) is 1.90. The van der Waals surface area contributed by atoms with Gasteiger partial charge in [-0.25, -0.2) is 0 Å². The van der Waals surface area contributed by atoms with Gasteiger partial charge in [-0.05, 0) is 38.6 Å². The van der Waals surface area contributed by atoms with Crippen LogP contribution in [0.1, 0.15) is 12.8 Å². The van der Waals surface area contributed by atoms with Crippen LogP contribution in [0.3, 0.4) is 0 Å². The lowest BCUT2D eigenvalue weighted by Gasteiger charge is -2.19. The van der Waals surface area contributed by atoms with E-state index >= 15 is 0 Å². The predicted octanol–water partition coefficient (Wildman–Crippen LogP) is 2.58. The van der Waals surface area contributed by atoms with E-state index in [1.165, 1.54) is 19.4 Å². The monoisotopic (exact) mass is 227 g/mol. The number of hydrogen-bond acceptors (Lipinski definition) is 2. The molecule has 1 heterocycles. The van der Waals surface area contributed by atoms with Gasteiger partial charge in [0.2, 0.25) is 0 Å². The molecule has 1 aliphatic heterocycles. The van der Waals surface area contributed by atoms with Gasteiger partial charge in [-0.2, -0.15) is 0 Å². The van der Waals surface area contributed by atoms with Crippen molar-refractivity contribution in [2.45, 2.75) is 18.9 Å². The molecule has 0 aliphatic carbocycles. The van der Waals surface area contributed by atoms with Gasteiger partial charge in [0.15, 0.2) is 0 Å². The molecule has 1 aliphatic rings. The highest BCUT2D eigenvalue weighted by Crippen LogP contribution is 2.16. The highest BCUT2D eigenvalue weighted by atomic mass is 35.5.